The third-order valence-corrected chi connectivity index (χ3v) is 4.01. The predicted octanol–water partition coefficient (Wildman–Crippen LogP) is 2.69. The van der Waals surface area contributed by atoms with Crippen molar-refractivity contribution in [2.45, 2.75) is 38.1 Å². The molecule has 1 fully saturated rings. The summed E-state index contributed by atoms with van der Waals surface area (Å²) in [5, 5.41) is 9.32. The van der Waals surface area contributed by atoms with Crippen LogP contribution in [0.1, 0.15) is 32.1 Å². The highest BCUT2D eigenvalue weighted by atomic mass is 16.3. The highest BCUT2D eigenvalue weighted by Gasteiger charge is 2.23. The van der Waals surface area contributed by atoms with Crippen LogP contribution in [0.25, 0.3) is 11.0 Å². The minimum Gasteiger partial charge on any atom is -0.395 e. The summed E-state index contributed by atoms with van der Waals surface area (Å²) in [4.78, 5) is 10.3. The number of imidazole rings is 1. The van der Waals surface area contributed by atoms with Gasteiger partial charge in [-0.15, -0.1) is 0 Å². The largest absolute Gasteiger partial charge is 0.395 e. The van der Waals surface area contributed by atoms with E-state index in [1.165, 1.54) is 32.1 Å². The standard InChI is InChI=1S/C15H21N3O/c19-11-10-18(12-6-2-1-3-7-12)15-16-13-8-4-5-9-14(13)17-15/h4-5,8-9,12,19H,1-3,6-7,10-11H2,(H,16,17). The van der Waals surface area contributed by atoms with Crippen molar-refractivity contribution in [1.82, 2.24) is 9.97 Å². The molecule has 1 aliphatic rings. The van der Waals surface area contributed by atoms with E-state index >= 15 is 0 Å². The molecule has 1 aromatic heterocycles. The molecule has 0 aliphatic heterocycles. The maximum Gasteiger partial charge on any atom is 0.204 e. The Morgan fingerprint density at radius 3 is 2.74 bits per heavy atom. The average Bonchev–Trinajstić information content (AvgIpc) is 2.89. The number of hydrogen-bond acceptors (Lipinski definition) is 3. The van der Waals surface area contributed by atoms with Crippen LogP contribution in [0.3, 0.4) is 0 Å². The second-order valence-electron chi connectivity index (χ2n) is 5.29. The summed E-state index contributed by atoms with van der Waals surface area (Å²) in [6, 6.07) is 8.60. The van der Waals surface area contributed by atoms with Crippen LogP contribution in [-0.2, 0) is 0 Å². The smallest absolute Gasteiger partial charge is 0.204 e. The van der Waals surface area contributed by atoms with Crippen LogP contribution in [0.2, 0.25) is 0 Å². The lowest BCUT2D eigenvalue weighted by atomic mass is 9.94. The first-order valence-corrected chi connectivity index (χ1v) is 7.21. The van der Waals surface area contributed by atoms with Gasteiger partial charge in [-0.3, -0.25) is 0 Å². The molecule has 4 nitrogen and oxygen atoms in total. The molecular formula is C15H21N3O. The molecule has 0 spiro atoms. The fourth-order valence-electron chi connectivity index (χ4n) is 3.04. The molecule has 0 unspecified atom stereocenters. The zero-order valence-electron chi connectivity index (χ0n) is 11.2. The summed E-state index contributed by atoms with van der Waals surface area (Å²) in [6.45, 7) is 0.831. The summed E-state index contributed by atoms with van der Waals surface area (Å²) in [5.41, 5.74) is 2.06. The second-order valence-corrected chi connectivity index (χ2v) is 5.29. The van der Waals surface area contributed by atoms with E-state index in [9.17, 15) is 5.11 Å². The monoisotopic (exact) mass is 259 g/mol. The number of rotatable bonds is 4. The van der Waals surface area contributed by atoms with Gasteiger partial charge in [0.25, 0.3) is 0 Å². The number of nitrogens with zero attached hydrogens (tertiary/aromatic N) is 2. The van der Waals surface area contributed by atoms with Crippen molar-refractivity contribution in [2.24, 2.45) is 0 Å². The van der Waals surface area contributed by atoms with Gasteiger partial charge in [0.15, 0.2) is 0 Å². The van der Waals surface area contributed by atoms with Crippen molar-refractivity contribution >= 4 is 17.0 Å². The second kappa shape index (κ2) is 5.61. The molecule has 102 valence electrons. The third-order valence-electron chi connectivity index (χ3n) is 4.01. The summed E-state index contributed by atoms with van der Waals surface area (Å²) in [5.74, 6) is 0.905. The lowest BCUT2D eigenvalue weighted by molar-refractivity contribution is 0.289. The molecule has 2 aromatic rings. The molecular weight excluding hydrogens is 238 g/mol. The number of H-pyrrole nitrogens is 1. The number of aliphatic hydroxyl groups is 1. The van der Waals surface area contributed by atoms with Gasteiger partial charge in [-0.1, -0.05) is 31.4 Å². The first kappa shape index (κ1) is 12.5. The molecule has 1 heterocycles. The molecule has 1 saturated carbocycles. The van der Waals surface area contributed by atoms with E-state index in [1.54, 1.807) is 0 Å². The van der Waals surface area contributed by atoms with E-state index in [0.29, 0.717) is 12.6 Å². The number of aliphatic hydroxyl groups excluding tert-OH is 1. The number of nitrogens with one attached hydrogen (secondary N) is 1. The van der Waals surface area contributed by atoms with Crippen LogP contribution in [0.4, 0.5) is 5.95 Å². The maximum atomic E-state index is 9.32. The number of aromatic nitrogens is 2. The Balaban J connectivity index is 1.89. The first-order valence-electron chi connectivity index (χ1n) is 7.21. The van der Waals surface area contributed by atoms with Crippen LogP contribution < -0.4 is 4.90 Å². The van der Waals surface area contributed by atoms with Gasteiger partial charge >= 0.3 is 0 Å². The molecule has 0 amide bonds. The highest BCUT2D eigenvalue weighted by molar-refractivity contribution is 5.77. The van der Waals surface area contributed by atoms with Gasteiger partial charge in [0.05, 0.1) is 17.6 Å². The Morgan fingerprint density at radius 1 is 1.21 bits per heavy atom. The van der Waals surface area contributed by atoms with Gasteiger partial charge in [-0.05, 0) is 25.0 Å². The molecule has 0 saturated heterocycles. The zero-order valence-corrected chi connectivity index (χ0v) is 11.2. The van der Waals surface area contributed by atoms with Gasteiger partial charge in [0.1, 0.15) is 0 Å². The van der Waals surface area contributed by atoms with E-state index in [4.69, 9.17) is 0 Å². The minimum absolute atomic E-state index is 0.174. The normalized spacial score (nSPS) is 16.9. The number of aromatic amines is 1. The number of hydrogen-bond donors (Lipinski definition) is 2. The Labute approximate surface area is 113 Å². The highest BCUT2D eigenvalue weighted by Crippen LogP contribution is 2.26. The van der Waals surface area contributed by atoms with Crippen LogP contribution in [-0.4, -0.2) is 34.3 Å². The van der Waals surface area contributed by atoms with Gasteiger partial charge < -0.3 is 15.0 Å². The Morgan fingerprint density at radius 2 is 2.00 bits per heavy atom. The van der Waals surface area contributed by atoms with E-state index < -0.39 is 0 Å². The molecule has 1 aliphatic carbocycles. The van der Waals surface area contributed by atoms with Crippen molar-refractivity contribution in [1.29, 1.82) is 0 Å². The zero-order chi connectivity index (χ0) is 13.1. The number of benzene rings is 1. The topological polar surface area (TPSA) is 52.1 Å². The summed E-state index contributed by atoms with van der Waals surface area (Å²) in [6.07, 6.45) is 6.32. The molecule has 2 N–H and O–H groups in total. The first-order chi connectivity index (χ1) is 9.38. The van der Waals surface area contributed by atoms with Crippen molar-refractivity contribution in [3.05, 3.63) is 24.3 Å². The lowest BCUT2D eigenvalue weighted by Gasteiger charge is -2.33. The molecule has 3 rings (SSSR count). The Hall–Kier alpha value is -1.55. The third kappa shape index (κ3) is 2.59. The van der Waals surface area contributed by atoms with Crippen LogP contribution >= 0.6 is 0 Å². The quantitative estimate of drug-likeness (QED) is 0.887. The molecule has 19 heavy (non-hydrogen) atoms. The SMILES string of the molecule is OCCN(c1nc2ccccc2[nH]1)C1CCCCC1. The summed E-state index contributed by atoms with van der Waals surface area (Å²) in [7, 11) is 0. The number of para-hydroxylation sites is 2. The number of fused-ring (bicyclic) bond motifs is 1. The van der Waals surface area contributed by atoms with Crippen molar-refractivity contribution in [2.75, 3.05) is 18.1 Å². The summed E-state index contributed by atoms with van der Waals surface area (Å²) < 4.78 is 0. The average molecular weight is 259 g/mol. The molecule has 0 atom stereocenters. The Kier molecular flexibility index (Phi) is 3.69. The fraction of sp³-hybridized carbons (Fsp3) is 0.533. The molecule has 0 radical (unpaired) electrons. The summed E-state index contributed by atoms with van der Waals surface area (Å²) >= 11 is 0. The van der Waals surface area contributed by atoms with Gasteiger partial charge in [-0.2, -0.15) is 0 Å². The van der Waals surface area contributed by atoms with Gasteiger partial charge in [0.2, 0.25) is 5.95 Å². The van der Waals surface area contributed by atoms with Crippen molar-refractivity contribution < 1.29 is 5.11 Å². The molecule has 1 aromatic carbocycles. The predicted molar refractivity (Wildman–Crippen MR) is 77.4 cm³/mol. The van der Waals surface area contributed by atoms with Crippen molar-refractivity contribution in [3.8, 4) is 0 Å². The van der Waals surface area contributed by atoms with E-state index in [-0.39, 0.29) is 6.61 Å². The van der Waals surface area contributed by atoms with Gasteiger partial charge in [0, 0.05) is 12.6 Å². The van der Waals surface area contributed by atoms with E-state index in [0.717, 1.165) is 17.0 Å². The molecule has 4 heteroatoms. The number of anilines is 1. The van der Waals surface area contributed by atoms with Gasteiger partial charge in [-0.25, -0.2) is 4.98 Å². The fourth-order valence-corrected chi connectivity index (χ4v) is 3.04. The van der Waals surface area contributed by atoms with Crippen molar-refractivity contribution in [3.63, 3.8) is 0 Å². The van der Waals surface area contributed by atoms with Crippen LogP contribution in [0, 0.1) is 0 Å². The Bertz CT molecular complexity index is 498. The lowest BCUT2D eigenvalue weighted by Crippen LogP contribution is -2.39. The van der Waals surface area contributed by atoms with E-state index in [1.807, 2.05) is 24.3 Å². The maximum absolute atomic E-state index is 9.32. The molecule has 0 bridgehead atoms. The van der Waals surface area contributed by atoms with Crippen LogP contribution in [0.5, 0.6) is 0 Å². The van der Waals surface area contributed by atoms with E-state index in [2.05, 4.69) is 14.9 Å². The minimum atomic E-state index is 0.174. The van der Waals surface area contributed by atoms with Crippen LogP contribution in [0.15, 0.2) is 24.3 Å².